The normalized spacial score (nSPS) is 17.6. The number of ether oxygens (including phenoxy) is 1. The summed E-state index contributed by atoms with van der Waals surface area (Å²) in [5.41, 5.74) is 2.44. The molecule has 0 aromatic heterocycles. The van der Waals surface area contributed by atoms with E-state index in [2.05, 4.69) is 0 Å². The molecule has 0 radical (unpaired) electrons. The molecule has 130 valence electrons. The highest BCUT2D eigenvalue weighted by Gasteiger charge is 2.36. The monoisotopic (exact) mass is 338 g/mol. The summed E-state index contributed by atoms with van der Waals surface area (Å²) in [6, 6.07) is 14.4. The maximum Gasteiger partial charge on any atom is 0.258 e. The van der Waals surface area contributed by atoms with Crippen molar-refractivity contribution in [1.82, 2.24) is 4.90 Å². The molecule has 0 aliphatic carbocycles. The lowest BCUT2D eigenvalue weighted by Gasteiger charge is -2.39. The lowest BCUT2D eigenvalue weighted by molar-refractivity contribution is -0.124. The van der Waals surface area contributed by atoms with Crippen molar-refractivity contribution in [3.8, 4) is 5.75 Å². The Hall–Kier alpha value is -2.82. The van der Waals surface area contributed by atoms with Gasteiger partial charge in [-0.05, 0) is 37.6 Å². The van der Waals surface area contributed by atoms with Crippen molar-refractivity contribution in [2.24, 2.45) is 0 Å². The quantitative estimate of drug-likeness (QED) is 0.865. The number of rotatable bonds is 3. The van der Waals surface area contributed by atoms with Gasteiger partial charge >= 0.3 is 0 Å². The Labute approximate surface area is 147 Å². The second-order valence-corrected chi connectivity index (χ2v) is 6.15. The molecule has 1 heterocycles. The molecule has 0 saturated carbocycles. The lowest BCUT2D eigenvalue weighted by Crippen LogP contribution is -2.58. The van der Waals surface area contributed by atoms with Gasteiger partial charge in [-0.15, -0.1) is 0 Å². The third-order valence-corrected chi connectivity index (χ3v) is 4.66. The van der Waals surface area contributed by atoms with Crippen LogP contribution in [-0.4, -0.2) is 43.0 Å². The highest BCUT2D eigenvalue weighted by Crippen LogP contribution is 2.26. The predicted molar refractivity (Wildman–Crippen MR) is 97.0 cm³/mol. The summed E-state index contributed by atoms with van der Waals surface area (Å²) in [4.78, 5) is 29.2. The van der Waals surface area contributed by atoms with Crippen molar-refractivity contribution in [3.63, 3.8) is 0 Å². The van der Waals surface area contributed by atoms with E-state index in [1.54, 1.807) is 34.9 Å². The van der Waals surface area contributed by atoms with Crippen molar-refractivity contribution in [2.45, 2.75) is 19.9 Å². The SMILES string of the molecule is COc1ccccc1C(=O)N1CCN(c2ccccc2C)C(=O)[C@H]1C. The summed E-state index contributed by atoms with van der Waals surface area (Å²) in [6.07, 6.45) is 0. The van der Waals surface area contributed by atoms with Gasteiger partial charge in [-0.1, -0.05) is 30.3 Å². The van der Waals surface area contributed by atoms with Crippen LogP contribution in [0, 0.1) is 6.92 Å². The third-order valence-electron chi connectivity index (χ3n) is 4.66. The number of methoxy groups -OCH3 is 1. The number of hydrogen-bond acceptors (Lipinski definition) is 3. The molecule has 5 heteroatoms. The molecule has 0 N–H and O–H groups in total. The molecule has 1 aliphatic rings. The molecule has 1 atom stereocenters. The Morgan fingerprint density at radius 3 is 2.48 bits per heavy atom. The van der Waals surface area contributed by atoms with Crippen LogP contribution in [0.4, 0.5) is 5.69 Å². The topological polar surface area (TPSA) is 49.9 Å². The van der Waals surface area contributed by atoms with E-state index < -0.39 is 6.04 Å². The fourth-order valence-electron chi connectivity index (χ4n) is 3.23. The molecule has 2 amide bonds. The molecule has 2 aromatic rings. The van der Waals surface area contributed by atoms with Crippen LogP contribution < -0.4 is 9.64 Å². The van der Waals surface area contributed by atoms with Crippen LogP contribution in [0.15, 0.2) is 48.5 Å². The van der Waals surface area contributed by atoms with Crippen LogP contribution in [0.25, 0.3) is 0 Å². The molecular formula is C20H22N2O3. The highest BCUT2D eigenvalue weighted by atomic mass is 16.5. The average molecular weight is 338 g/mol. The largest absolute Gasteiger partial charge is 0.496 e. The second kappa shape index (κ2) is 6.97. The van der Waals surface area contributed by atoms with Crippen LogP contribution in [0.2, 0.25) is 0 Å². The predicted octanol–water partition coefficient (Wildman–Crippen LogP) is 2.88. The first-order valence-electron chi connectivity index (χ1n) is 8.35. The number of para-hydroxylation sites is 2. The van der Waals surface area contributed by atoms with Crippen LogP contribution >= 0.6 is 0 Å². The van der Waals surface area contributed by atoms with Gasteiger partial charge in [0.15, 0.2) is 0 Å². The summed E-state index contributed by atoms with van der Waals surface area (Å²) >= 11 is 0. The van der Waals surface area contributed by atoms with Gasteiger partial charge in [0.2, 0.25) is 5.91 Å². The van der Waals surface area contributed by atoms with E-state index in [9.17, 15) is 9.59 Å². The number of carbonyl (C=O) groups excluding carboxylic acids is 2. The van der Waals surface area contributed by atoms with E-state index in [0.717, 1.165) is 11.3 Å². The molecule has 0 unspecified atom stereocenters. The molecule has 2 aromatic carbocycles. The van der Waals surface area contributed by atoms with E-state index in [0.29, 0.717) is 24.4 Å². The third kappa shape index (κ3) is 3.09. The van der Waals surface area contributed by atoms with E-state index in [1.165, 1.54) is 7.11 Å². The first-order chi connectivity index (χ1) is 12.0. The fraction of sp³-hybridized carbons (Fsp3) is 0.300. The Morgan fingerprint density at radius 1 is 1.08 bits per heavy atom. The van der Waals surface area contributed by atoms with E-state index in [4.69, 9.17) is 4.74 Å². The average Bonchev–Trinajstić information content (AvgIpc) is 2.64. The van der Waals surface area contributed by atoms with Crippen molar-refractivity contribution in [3.05, 3.63) is 59.7 Å². The molecule has 5 nitrogen and oxygen atoms in total. The summed E-state index contributed by atoms with van der Waals surface area (Å²) < 4.78 is 5.28. The second-order valence-electron chi connectivity index (χ2n) is 6.15. The van der Waals surface area contributed by atoms with E-state index in [1.807, 2.05) is 37.3 Å². The van der Waals surface area contributed by atoms with Crippen LogP contribution in [-0.2, 0) is 4.79 Å². The standard InChI is InChI=1S/C20H22N2O3/c1-14-8-4-6-10-17(14)22-13-12-21(15(2)19(22)23)20(24)16-9-5-7-11-18(16)25-3/h4-11,15H,12-13H2,1-3H3/t15-/m1/s1. The summed E-state index contributed by atoms with van der Waals surface area (Å²) in [6.45, 7) is 4.73. The number of nitrogens with zero attached hydrogens (tertiary/aromatic N) is 2. The van der Waals surface area contributed by atoms with E-state index >= 15 is 0 Å². The van der Waals surface area contributed by atoms with Gasteiger partial charge in [-0.2, -0.15) is 0 Å². The molecule has 0 spiro atoms. The number of carbonyl (C=O) groups is 2. The highest BCUT2D eigenvalue weighted by molar-refractivity contribution is 6.04. The van der Waals surface area contributed by atoms with Gasteiger partial charge in [-0.25, -0.2) is 0 Å². The molecule has 25 heavy (non-hydrogen) atoms. The van der Waals surface area contributed by atoms with Crippen molar-refractivity contribution in [2.75, 3.05) is 25.1 Å². The van der Waals surface area contributed by atoms with Crippen LogP contribution in [0.3, 0.4) is 0 Å². The fourth-order valence-corrected chi connectivity index (χ4v) is 3.23. The molecular weight excluding hydrogens is 316 g/mol. The Kier molecular flexibility index (Phi) is 4.74. The van der Waals surface area contributed by atoms with Gasteiger partial charge in [-0.3, -0.25) is 9.59 Å². The van der Waals surface area contributed by atoms with Crippen molar-refractivity contribution in [1.29, 1.82) is 0 Å². The minimum atomic E-state index is -0.522. The number of benzene rings is 2. The molecule has 1 saturated heterocycles. The Balaban J connectivity index is 1.85. The zero-order chi connectivity index (χ0) is 18.0. The van der Waals surface area contributed by atoms with Crippen molar-refractivity contribution < 1.29 is 14.3 Å². The lowest BCUT2D eigenvalue weighted by atomic mass is 10.1. The summed E-state index contributed by atoms with van der Waals surface area (Å²) in [7, 11) is 1.54. The van der Waals surface area contributed by atoms with Crippen LogP contribution in [0.5, 0.6) is 5.75 Å². The zero-order valence-corrected chi connectivity index (χ0v) is 14.7. The number of anilines is 1. The van der Waals surface area contributed by atoms with Gasteiger partial charge in [0.05, 0.1) is 12.7 Å². The smallest absolute Gasteiger partial charge is 0.258 e. The first-order valence-corrected chi connectivity index (χ1v) is 8.35. The van der Waals surface area contributed by atoms with Crippen molar-refractivity contribution >= 4 is 17.5 Å². The van der Waals surface area contributed by atoms with Gasteiger partial charge < -0.3 is 14.5 Å². The minimum absolute atomic E-state index is 0.0659. The Morgan fingerprint density at radius 2 is 1.76 bits per heavy atom. The number of amides is 2. The van der Waals surface area contributed by atoms with E-state index in [-0.39, 0.29) is 11.8 Å². The van der Waals surface area contributed by atoms with Gasteiger partial charge in [0, 0.05) is 18.8 Å². The zero-order valence-electron chi connectivity index (χ0n) is 14.7. The Bertz CT molecular complexity index is 803. The van der Waals surface area contributed by atoms with Gasteiger partial charge in [0.1, 0.15) is 11.8 Å². The number of hydrogen-bond donors (Lipinski definition) is 0. The first kappa shape index (κ1) is 17.0. The molecule has 1 aliphatic heterocycles. The number of aryl methyl sites for hydroxylation is 1. The number of piperazine rings is 1. The summed E-state index contributed by atoms with van der Waals surface area (Å²) in [5.74, 6) is 0.278. The summed E-state index contributed by atoms with van der Waals surface area (Å²) in [5, 5.41) is 0. The molecule has 3 rings (SSSR count). The maximum atomic E-state index is 12.9. The van der Waals surface area contributed by atoms with Crippen LogP contribution in [0.1, 0.15) is 22.8 Å². The molecule has 0 bridgehead atoms. The van der Waals surface area contributed by atoms with Gasteiger partial charge in [0.25, 0.3) is 5.91 Å². The molecule has 1 fully saturated rings. The maximum absolute atomic E-state index is 12.9. The minimum Gasteiger partial charge on any atom is -0.496 e.